The number of fused-ring (bicyclic) bond motifs is 1. The molecular weight excluding hydrogens is 399 g/mol. The maximum absolute atomic E-state index is 14.5. The third kappa shape index (κ3) is 3.70. The van der Waals surface area contributed by atoms with Crippen LogP contribution < -0.4 is 10.9 Å². The summed E-state index contributed by atoms with van der Waals surface area (Å²) in [4.78, 5) is 20.2. The van der Waals surface area contributed by atoms with Crippen molar-refractivity contribution in [1.29, 1.82) is 0 Å². The summed E-state index contributed by atoms with van der Waals surface area (Å²) in [6.07, 6.45) is 3.00. The smallest absolute Gasteiger partial charge is 0.264 e. The Bertz CT molecular complexity index is 830. The second-order valence-electron chi connectivity index (χ2n) is 6.72. The molecule has 1 saturated heterocycles. The van der Waals surface area contributed by atoms with E-state index in [1.165, 1.54) is 0 Å². The number of nitrogens with zero attached hydrogens (tertiary/aromatic N) is 3. The van der Waals surface area contributed by atoms with Crippen molar-refractivity contribution >= 4 is 26.8 Å². The number of aromatic nitrogens is 2. The van der Waals surface area contributed by atoms with E-state index >= 15 is 0 Å². The summed E-state index contributed by atoms with van der Waals surface area (Å²) < 4.78 is 16.5. The fourth-order valence-corrected chi connectivity index (χ4v) is 4.08. The van der Waals surface area contributed by atoms with Crippen molar-refractivity contribution in [2.75, 3.05) is 26.2 Å². The van der Waals surface area contributed by atoms with Crippen LogP contribution in [0, 0.1) is 5.82 Å². The zero-order valence-electron chi connectivity index (χ0n) is 15.4. The molecule has 2 heterocycles. The third-order valence-corrected chi connectivity index (χ3v) is 5.65. The molecule has 5 nitrogen and oxygen atoms in total. The fourth-order valence-electron chi connectivity index (χ4n) is 3.75. The van der Waals surface area contributed by atoms with Gasteiger partial charge >= 0.3 is 0 Å². The SMILES string of the molecule is CCCC(c1nc2ccc(Br)c(F)c2c(=O)n1CC)N1CCCNCC1. The Morgan fingerprint density at radius 2 is 2.12 bits per heavy atom. The van der Waals surface area contributed by atoms with E-state index in [9.17, 15) is 9.18 Å². The van der Waals surface area contributed by atoms with Gasteiger partial charge in [-0.2, -0.15) is 0 Å². The molecule has 0 aliphatic carbocycles. The topological polar surface area (TPSA) is 50.2 Å². The number of benzene rings is 1. The van der Waals surface area contributed by atoms with E-state index in [4.69, 9.17) is 4.98 Å². The van der Waals surface area contributed by atoms with E-state index in [1.54, 1.807) is 16.7 Å². The number of rotatable bonds is 5. The normalized spacial score (nSPS) is 17.4. The summed E-state index contributed by atoms with van der Waals surface area (Å²) in [5.74, 6) is 0.232. The van der Waals surface area contributed by atoms with Crippen molar-refractivity contribution in [3.8, 4) is 0 Å². The van der Waals surface area contributed by atoms with Gasteiger partial charge in [-0.25, -0.2) is 9.37 Å². The Labute approximate surface area is 161 Å². The van der Waals surface area contributed by atoms with Crippen molar-refractivity contribution in [2.24, 2.45) is 0 Å². The lowest BCUT2D eigenvalue weighted by Gasteiger charge is -2.31. The maximum atomic E-state index is 14.5. The summed E-state index contributed by atoms with van der Waals surface area (Å²) in [5.41, 5.74) is 0.143. The Morgan fingerprint density at radius 3 is 2.85 bits per heavy atom. The van der Waals surface area contributed by atoms with Crippen LogP contribution in [0.3, 0.4) is 0 Å². The predicted octanol–water partition coefficient (Wildman–Crippen LogP) is 3.45. The van der Waals surface area contributed by atoms with Crippen LogP contribution in [-0.4, -0.2) is 40.6 Å². The second-order valence-corrected chi connectivity index (χ2v) is 7.57. The molecule has 7 heteroatoms. The highest BCUT2D eigenvalue weighted by Gasteiger charge is 2.26. The van der Waals surface area contributed by atoms with Crippen LogP contribution >= 0.6 is 15.9 Å². The Balaban J connectivity index is 2.17. The molecule has 1 aromatic heterocycles. The molecule has 1 fully saturated rings. The fraction of sp³-hybridized carbons (Fsp3) is 0.579. The number of halogens is 2. The molecule has 0 radical (unpaired) electrons. The van der Waals surface area contributed by atoms with Crippen LogP contribution in [0.4, 0.5) is 4.39 Å². The van der Waals surface area contributed by atoms with Gasteiger partial charge in [-0.3, -0.25) is 14.3 Å². The lowest BCUT2D eigenvalue weighted by molar-refractivity contribution is 0.185. The molecule has 1 aromatic carbocycles. The minimum Gasteiger partial charge on any atom is -0.315 e. The first-order valence-electron chi connectivity index (χ1n) is 9.41. The van der Waals surface area contributed by atoms with Crippen LogP contribution in [-0.2, 0) is 6.54 Å². The molecule has 26 heavy (non-hydrogen) atoms. The molecule has 0 spiro atoms. The average Bonchev–Trinajstić information content (AvgIpc) is 2.91. The van der Waals surface area contributed by atoms with Crippen LogP contribution in [0.1, 0.15) is 45.0 Å². The van der Waals surface area contributed by atoms with Crippen LogP contribution in [0.15, 0.2) is 21.4 Å². The van der Waals surface area contributed by atoms with Crippen LogP contribution in [0.5, 0.6) is 0 Å². The summed E-state index contributed by atoms with van der Waals surface area (Å²) in [7, 11) is 0. The molecule has 1 aliphatic heterocycles. The van der Waals surface area contributed by atoms with Gasteiger partial charge in [-0.05, 0) is 54.4 Å². The molecule has 1 aliphatic rings. The Morgan fingerprint density at radius 1 is 1.31 bits per heavy atom. The minimum atomic E-state index is -0.528. The zero-order chi connectivity index (χ0) is 18.7. The highest BCUT2D eigenvalue weighted by Crippen LogP contribution is 2.27. The zero-order valence-corrected chi connectivity index (χ0v) is 17.0. The maximum Gasteiger partial charge on any atom is 0.264 e. The largest absolute Gasteiger partial charge is 0.315 e. The van der Waals surface area contributed by atoms with Crippen molar-refractivity contribution in [3.05, 3.63) is 38.6 Å². The molecule has 1 N–H and O–H groups in total. The van der Waals surface area contributed by atoms with Gasteiger partial charge in [0, 0.05) is 26.2 Å². The first-order valence-corrected chi connectivity index (χ1v) is 10.2. The summed E-state index contributed by atoms with van der Waals surface area (Å²) in [6.45, 7) is 8.40. The van der Waals surface area contributed by atoms with E-state index in [0.29, 0.717) is 16.5 Å². The third-order valence-electron chi connectivity index (χ3n) is 5.04. The predicted molar refractivity (Wildman–Crippen MR) is 106 cm³/mol. The van der Waals surface area contributed by atoms with Gasteiger partial charge in [0.25, 0.3) is 5.56 Å². The monoisotopic (exact) mass is 424 g/mol. The highest BCUT2D eigenvalue weighted by molar-refractivity contribution is 9.10. The second kappa shape index (κ2) is 8.59. The summed E-state index contributed by atoms with van der Waals surface area (Å²) >= 11 is 3.17. The quantitative estimate of drug-likeness (QED) is 0.798. The molecule has 0 saturated carbocycles. The van der Waals surface area contributed by atoms with Crippen LogP contribution in [0.25, 0.3) is 10.9 Å². The first kappa shape index (κ1) is 19.5. The number of hydrogen-bond acceptors (Lipinski definition) is 4. The van der Waals surface area contributed by atoms with Gasteiger partial charge in [0.2, 0.25) is 0 Å². The first-order chi connectivity index (χ1) is 12.6. The molecule has 2 aromatic rings. The molecule has 1 atom stereocenters. The van der Waals surface area contributed by atoms with Gasteiger partial charge < -0.3 is 5.32 Å². The summed E-state index contributed by atoms with van der Waals surface area (Å²) in [6, 6.07) is 3.42. The lowest BCUT2D eigenvalue weighted by atomic mass is 10.1. The van der Waals surface area contributed by atoms with Gasteiger partial charge in [0.05, 0.1) is 16.0 Å². The minimum absolute atomic E-state index is 0.0674. The van der Waals surface area contributed by atoms with E-state index in [1.807, 2.05) is 6.92 Å². The van der Waals surface area contributed by atoms with Gasteiger partial charge in [0.1, 0.15) is 11.2 Å². The van der Waals surface area contributed by atoms with Crippen LogP contribution in [0.2, 0.25) is 0 Å². The van der Waals surface area contributed by atoms with Gasteiger partial charge in [-0.1, -0.05) is 13.3 Å². The van der Waals surface area contributed by atoms with Gasteiger partial charge in [0.15, 0.2) is 5.82 Å². The van der Waals surface area contributed by atoms with Crippen molar-refractivity contribution < 1.29 is 4.39 Å². The highest BCUT2D eigenvalue weighted by atomic mass is 79.9. The summed E-state index contributed by atoms with van der Waals surface area (Å²) in [5, 5.41) is 3.49. The van der Waals surface area contributed by atoms with E-state index in [0.717, 1.165) is 51.3 Å². The Hall–Kier alpha value is -1.31. The van der Waals surface area contributed by atoms with E-state index in [2.05, 4.69) is 33.1 Å². The number of hydrogen-bond donors (Lipinski definition) is 1. The van der Waals surface area contributed by atoms with Crippen molar-refractivity contribution in [3.63, 3.8) is 0 Å². The standard InChI is InChI=1S/C19H26BrFN4O/c1-3-6-15(24-11-5-9-22-10-12-24)18-23-14-8-7-13(20)17(21)16(14)19(26)25(18)4-2/h7-8,15,22H,3-6,9-12H2,1-2H3. The molecular formula is C19H26BrFN4O. The van der Waals surface area contributed by atoms with Gasteiger partial charge in [-0.15, -0.1) is 0 Å². The molecule has 0 bridgehead atoms. The lowest BCUT2D eigenvalue weighted by Crippen LogP contribution is -2.37. The molecule has 3 rings (SSSR count). The molecule has 0 amide bonds. The molecule has 142 valence electrons. The Kier molecular flexibility index (Phi) is 6.42. The van der Waals surface area contributed by atoms with E-state index < -0.39 is 5.82 Å². The average molecular weight is 425 g/mol. The van der Waals surface area contributed by atoms with Crippen molar-refractivity contribution in [2.45, 2.75) is 45.7 Å². The molecule has 1 unspecified atom stereocenters. The van der Waals surface area contributed by atoms with E-state index in [-0.39, 0.29) is 17.0 Å². The number of nitrogens with one attached hydrogen (secondary N) is 1. The van der Waals surface area contributed by atoms with Crippen molar-refractivity contribution in [1.82, 2.24) is 19.8 Å².